The highest BCUT2D eigenvalue weighted by Gasteiger charge is 2.08. The molecule has 4 heteroatoms. The summed E-state index contributed by atoms with van der Waals surface area (Å²) in [6, 6.07) is 0. The normalized spacial score (nSPS) is 11.3. The second-order valence-electron chi connectivity index (χ2n) is 5.73. The van der Waals surface area contributed by atoms with Crippen LogP contribution in [-0.2, 0) is 17.6 Å². The third-order valence-electron chi connectivity index (χ3n) is 3.32. The van der Waals surface area contributed by atoms with Crippen LogP contribution < -0.4 is 5.32 Å². The van der Waals surface area contributed by atoms with E-state index < -0.39 is 0 Å². The molecule has 0 atom stereocenters. The molecule has 114 valence electrons. The molecule has 20 heavy (non-hydrogen) atoms. The lowest BCUT2D eigenvalue weighted by Gasteiger charge is -2.12. The summed E-state index contributed by atoms with van der Waals surface area (Å²) in [7, 11) is 1.73. The van der Waals surface area contributed by atoms with Gasteiger partial charge in [0.1, 0.15) is 5.82 Å². The maximum Gasteiger partial charge on any atom is 0.128 e. The minimum Gasteiger partial charge on any atom is -0.385 e. The third-order valence-corrected chi connectivity index (χ3v) is 3.32. The number of nitrogens with zero attached hydrogens (tertiary/aromatic N) is 2. The van der Waals surface area contributed by atoms with Crippen molar-refractivity contribution in [2.24, 2.45) is 5.92 Å². The van der Waals surface area contributed by atoms with Gasteiger partial charge >= 0.3 is 0 Å². The van der Waals surface area contributed by atoms with Gasteiger partial charge in [-0.15, -0.1) is 0 Å². The number of hydrogen-bond donors (Lipinski definition) is 1. The van der Waals surface area contributed by atoms with E-state index >= 15 is 0 Å². The molecule has 0 saturated heterocycles. The lowest BCUT2D eigenvalue weighted by Crippen LogP contribution is -2.23. The van der Waals surface area contributed by atoms with Crippen LogP contribution in [0.15, 0.2) is 0 Å². The summed E-state index contributed by atoms with van der Waals surface area (Å²) in [4.78, 5) is 9.25. The van der Waals surface area contributed by atoms with Crippen molar-refractivity contribution < 1.29 is 4.74 Å². The van der Waals surface area contributed by atoms with Gasteiger partial charge in [-0.1, -0.05) is 13.8 Å². The largest absolute Gasteiger partial charge is 0.385 e. The molecule has 1 rings (SSSR count). The van der Waals surface area contributed by atoms with Crippen LogP contribution in [-0.4, -0.2) is 36.8 Å². The first-order valence-corrected chi connectivity index (χ1v) is 7.57. The molecule has 0 radical (unpaired) electrons. The quantitative estimate of drug-likeness (QED) is 0.705. The molecule has 0 aliphatic rings. The maximum atomic E-state index is 5.07. The Balaban J connectivity index is 2.55. The first-order valence-electron chi connectivity index (χ1n) is 7.57. The first-order chi connectivity index (χ1) is 9.54. The van der Waals surface area contributed by atoms with Crippen LogP contribution in [0.1, 0.15) is 43.0 Å². The average Bonchev–Trinajstić information content (AvgIpc) is 2.37. The average molecular weight is 279 g/mol. The van der Waals surface area contributed by atoms with Crippen molar-refractivity contribution in [2.75, 3.05) is 26.8 Å². The Morgan fingerprint density at radius 1 is 1.10 bits per heavy atom. The van der Waals surface area contributed by atoms with Gasteiger partial charge in [0.05, 0.1) is 0 Å². The van der Waals surface area contributed by atoms with Crippen molar-refractivity contribution in [1.29, 1.82) is 0 Å². The van der Waals surface area contributed by atoms with E-state index in [4.69, 9.17) is 4.74 Å². The smallest absolute Gasteiger partial charge is 0.128 e. The zero-order chi connectivity index (χ0) is 15.0. The SMILES string of the molecule is COCCCc1nc(C)c(CCNCC(C)C)c(C)n1. The summed E-state index contributed by atoms with van der Waals surface area (Å²) < 4.78 is 5.07. The molecule has 0 fully saturated rings. The molecule has 0 bridgehead atoms. The number of methoxy groups -OCH3 is 1. The molecule has 0 aliphatic carbocycles. The Bertz CT molecular complexity index is 382. The summed E-state index contributed by atoms with van der Waals surface area (Å²) in [5.41, 5.74) is 3.53. The van der Waals surface area contributed by atoms with Crippen molar-refractivity contribution in [3.05, 3.63) is 22.8 Å². The second-order valence-corrected chi connectivity index (χ2v) is 5.73. The van der Waals surface area contributed by atoms with Gasteiger partial charge in [-0.05, 0) is 51.3 Å². The summed E-state index contributed by atoms with van der Waals surface area (Å²) >= 11 is 0. The lowest BCUT2D eigenvalue weighted by molar-refractivity contribution is 0.194. The second kappa shape index (κ2) is 9.03. The van der Waals surface area contributed by atoms with E-state index in [2.05, 4.69) is 43.0 Å². The van der Waals surface area contributed by atoms with Crippen molar-refractivity contribution in [3.63, 3.8) is 0 Å². The molecular weight excluding hydrogens is 250 g/mol. The highest BCUT2D eigenvalue weighted by molar-refractivity contribution is 5.24. The van der Waals surface area contributed by atoms with Crippen molar-refractivity contribution >= 4 is 0 Å². The van der Waals surface area contributed by atoms with Gasteiger partial charge in [0, 0.05) is 31.5 Å². The molecule has 0 aromatic carbocycles. The summed E-state index contributed by atoms with van der Waals surface area (Å²) in [5, 5.41) is 3.47. The fourth-order valence-electron chi connectivity index (χ4n) is 2.26. The van der Waals surface area contributed by atoms with Crippen molar-refractivity contribution in [2.45, 2.75) is 47.0 Å². The Hall–Kier alpha value is -1.00. The first kappa shape index (κ1) is 17.1. The number of rotatable bonds is 9. The van der Waals surface area contributed by atoms with Gasteiger partial charge in [0.2, 0.25) is 0 Å². The Labute approximate surface area is 123 Å². The monoisotopic (exact) mass is 279 g/mol. The van der Waals surface area contributed by atoms with E-state index in [9.17, 15) is 0 Å². The van der Waals surface area contributed by atoms with E-state index in [-0.39, 0.29) is 0 Å². The van der Waals surface area contributed by atoms with Crippen molar-refractivity contribution in [3.8, 4) is 0 Å². The molecule has 1 aromatic heterocycles. The van der Waals surface area contributed by atoms with Crippen LogP contribution in [0.4, 0.5) is 0 Å². The van der Waals surface area contributed by atoms with Crippen LogP contribution >= 0.6 is 0 Å². The number of ether oxygens (including phenoxy) is 1. The Morgan fingerprint density at radius 3 is 2.30 bits per heavy atom. The van der Waals surface area contributed by atoms with E-state index in [1.165, 1.54) is 5.56 Å². The number of nitrogens with one attached hydrogen (secondary N) is 1. The highest BCUT2D eigenvalue weighted by Crippen LogP contribution is 2.11. The fourth-order valence-corrected chi connectivity index (χ4v) is 2.26. The molecular formula is C16H29N3O. The Kier molecular flexibility index (Phi) is 7.70. The Morgan fingerprint density at radius 2 is 1.75 bits per heavy atom. The summed E-state index contributed by atoms with van der Waals surface area (Å²) in [6.45, 7) is 11.4. The van der Waals surface area contributed by atoms with E-state index in [0.717, 1.165) is 56.2 Å². The van der Waals surface area contributed by atoms with Gasteiger partial charge in [-0.25, -0.2) is 9.97 Å². The molecule has 0 amide bonds. The molecule has 0 aliphatic heterocycles. The molecule has 0 spiro atoms. The number of aryl methyl sites for hydroxylation is 3. The van der Waals surface area contributed by atoms with Crippen LogP contribution in [0, 0.1) is 19.8 Å². The molecule has 0 unspecified atom stereocenters. The van der Waals surface area contributed by atoms with E-state index in [1.54, 1.807) is 7.11 Å². The summed E-state index contributed by atoms with van der Waals surface area (Å²) in [5.74, 6) is 1.63. The van der Waals surface area contributed by atoms with E-state index in [1.807, 2.05) is 0 Å². The fraction of sp³-hybridized carbons (Fsp3) is 0.750. The van der Waals surface area contributed by atoms with E-state index in [0.29, 0.717) is 5.92 Å². The van der Waals surface area contributed by atoms with Crippen LogP contribution in [0.2, 0.25) is 0 Å². The van der Waals surface area contributed by atoms with Gasteiger partial charge in [0.15, 0.2) is 0 Å². The lowest BCUT2D eigenvalue weighted by atomic mass is 10.1. The zero-order valence-corrected chi connectivity index (χ0v) is 13.6. The molecule has 1 N–H and O–H groups in total. The third kappa shape index (κ3) is 5.97. The van der Waals surface area contributed by atoms with Gasteiger partial charge in [-0.3, -0.25) is 0 Å². The number of aromatic nitrogens is 2. The molecule has 1 aromatic rings. The zero-order valence-electron chi connectivity index (χ0n) is 13.6. The highest BCUT2D eigenvalue weighted by atomic mass is 16.5. The van der Waals surface area contributed by atoms with Gasteiger partial charge in [0.25, 0.3) is 0 Å². The number of hydrogen-bond acceptors (Lipinski definition) is 4. The topological polar surface area (TPSA) is 47.0 Å². The standard InChI is InChI=1S/C16H29N3O/c1-12(2)11-17-9-8-15-13(3)18-16(19-14(15)4)7-6-10-20-5/h12,17H,6-11H2,1-5H3. The molecule has 4 nitrogen and oxygen atoms in total. The predicted molar refractivity (Wildman–Crippen MR) is 83.1 cm³/mol. The van der Waals surface area contributed by atoms with Crippen LogP contribution in [0.3, 0.4) is 0 Å². The van der Waals surface area contributed by atoms with Crippen LogP contribution in [0.5, 0.6) is 0 Å². The van der Waals surface area contributed by atoms with Crippen molar-refractivity contribution in [1.82, 2.24) is 15.3 Å². The minimum absolute atomic E-state index is 0.691. The maximum absolute atomic E-state index is 5.07. The molecule has 0 saturated carbocycles. The minimum atomic E-state index is 0.691. The van der Waals surface area contributed by atoms with Crippen LogP contribution in [0.25, 0.3) is 0 Å². The predicted octanol–water partition coefficient (Wildman–Crippen LogP) is 2.46. The molecule has 1 heterocycles. The van der Waals surface area contributed by atoms with Gasteiger partial charge < -0.3 is 10.1 Å². The van der Waals surface area contributed by atoms with Gasteiger partial charge in [-0.2, -0.15) is 0 Å². The summed E-state index contributed by atoms with van der Waals surface area (Å²) in [6.07, 6.45) is 2.87.